The molecule has 0 bridgehead atoms. The predicted molar refractivity (Wildman–Crippen MR) is 73.6 cm³/mol. The molecular formula is C13H13N5O2. The van der Waals surface area contributed by atoms with E-state index in [1.54, 1.807) is 25.3 Å². The number of carbonyl (C=O) groups is 1. The fraction of sp³-hybridized carbons (Fsp3) is 0.154. The van der Waals surface area contributed by atoms with Crippen LogP contribution in [0.25, 0.3) is 17.0 Å². The number of benzene rings is 1. The molecule has 0 aliphatic carbocycles. The van der Waals surface area contributed by atoms with Crippen molar-refractivity contribution in [3.05, 3.63) is 36.2 Å². The lowest BCUT2D eigenvalue weighted by molar-refractivity contribution is 0.0526. The molecule has 7 nitrogen and oxygen atoms in total. The normalized spacial score (nSPS) is 10.8. The largest absolute Gasteiger partial charge is 0.462 e. The number of fused-ring (bicyclic) bond motifs is 1. The Balaban J connectivity index is 1.96. The molecule has 0 spiro atoms. The number of esters is 1. The Kier molecular flexibility index (Phi) is 2.86. The van der Waals surface area contributed by atoms with Gasteiger partial charge < -0.3 is 15.5 Å². The molecule has 0 aliphatic heterocycles. The van der Waals surface area contributed by atoms with Gasteiger partial charge in [0.15, 0.2) is 0 Å². The van der Waals surface area contributed by atoms with Gasteiger partial charge in [-0.05, 0) is 25.1 Å². The second-order valence-electron chi connectivity index (χ2n) is 4.23. The van der Waals surface area contributed by atoms with E-state index in [4.69, 9.17) is 10.5 Å². The van der Waals surface area contributed by atoms with Gasteiger partial charge in [-0.25, -0.2) is 14.5 Å². The van der Waals surface area contributed by atoms with E-state index in [2.05, 4.69) is 15.1 Å². The van der Waals surface area contributed by atoms with E-state index in [1.807, 2.05) is 6.07 Å². The lowest BCUT2D eigenvalue weighted by Crippen LogP contribution is -2.03. The minimum atomic E-state index is -0.404. The summed E-state index contributed by atoms with van der Waals surface area (Å²) in [5.41, 5.74) is 8.35. The third kappa shape index (κ3) is 2.09. The van der Waals surface area contributed by atoms with Crippen LogP contribution in [-0.4, -0.2) is 32.3 Å². The van der Waals surface area contributed by atoms with Crippen LogP contribution in [-0.2, 0) is 4.74 Å². The Morgan fingerprint density at radius 1 is 1.50 bits per heavy atom. The number of aromatic nitrogens is 4. The number of nitrogen functional groups attached to an aromatic ring is 1. The van der Waals surface area contributed by atoms with Crippen LogP contribution < -0.4 is 5.73 Å². The zero-order valence-electron chi connectivity index (χ0n) is 10.8. The van der Waals surface area contributed by atoms with Gasteiger partial charge in [-0.3, -0.25) is 0 Å². The predicted octanol–water partition coefficient (Wildman–Crippen LogP) is 1.51. The van der Waals surface area contributed by atoms with Crippen molar-refractivity contribution in [2.45, 2.75) is 6.92 Å². The first-order valence-electron chi connectivity index (χ1n) is 6.15. The quantitative estimate of drug-likeness (QED) is 0.555. The molecule has 102 valence electrons. The van der Waals surface area contributed by atoms with Crippen molar-refractivity contribution in [2.75, 3.05) is 12.3 Å². The molecule has 3 N–H and O–H groups in total. The highest BCUT2D eigenvalue weighted by molar-refractivity contribution is 5.88. The number of carbonyl (C=O) groups excluding carboxylic acids is 1. The Labute approximate surface area is 114 Å². The van der Waals surface area contributed by atoms with Crippen LogP contribution in [0.4, 0.5) is 5.69 Å². The number of aromatic amines is 1. The minimum Gasteiger partial charge on any atom is -0.462 e. The van der Waals surface area contributed by atoms with Crippen molar-refractivity contribution in [1.82, 2.24) is 19.7 Å². The summed E-state index contributed by atoms with van der Waals surface area (Å²) in [6.45, 7) is 2.08. The Bertz CT molecular complexity index is 774. The third-order valence-electron chi connectivity index (χ3n) is 2.80. The van der Waals surface area contributed by atoms with Crippen molar-refractivity contribution in [1.29, 1.82) is 0 Å². The molecule has 7 heteroatoms. The van der Waals surface area contributed by atoms with Crippen molar-refractivity contribution in [2.24, 2.45) is 0 Å². The summed E-state index contributed by atoms with van der Waals surface area (Å²) < 4.78 is 6.40. The summed E-state index contributed by atoms with van der Waals surface area (Å²) >= 11 is 0. The number of nitrogens with zero attached hydrogens (tertiary/aromatic N) is 3. The molecule has 1 aromatic carbocycles. The van der Waals surface area contributed by atoms with Gasteiger partial charge in [0.1, 0.15) is 0 Å². The minimum absolute atomic E-state index is 0.327. The zero-order valence-corrected chi connectivity index (χ0v) is 10.8. The molecule has 2 aromatic heterocycles. The van der Waals surface area contributed by atoms with Crippen LogP contribution in [0.15, 0.2) is 30.6 Å². The van der Waals surface area contributed by atoms with Gasteiger partial charge in [0.2, 0.25) is 5.95 Å². The molecule has 0 atom stereocenters. The van der Waals surface area contributed by atoms with E-state index >= 15 is 0 Å². The van der Waals surface area contributed by atoms with Gasteiger partial charge in [0.05, 0.1) is 29.4 Å². The van der Waals surface area contributed by atoms with Gasteiger partial charge in [0.25, 0.3) is 0 Å². The van der Waals surface area contributed by atoms with Gasteiger partial charge in [-0.1, -0.05) is 0 Å². The van der Waals surface area contributed by atoms with Crippen LogP contribution >= 0.6 is 0 Å². The summed E-state index contributed by atoms with van der Waals surface area (Å²) in [6.07, 6.45) is 3.01. The average molecular weight is 271 g/mol. The molecule has 0 radical (unpaired) electrons. The van der Waals surface area contributed by atoms with Gasteiger partial charge in [0, 0.05) is 11.9 Å². The number of nitrogens with two attached hydrogens (primary N) is 1. The van der Waals surface area contributed by atoms with Crippen molar-refractivity contribution in [3.8, 4) is 5.95 Å². The third-order valence-corrected chi connectivity index (χ3v) is 2.80. The molecule has 3 rings (SSSR count). The number of imidazole rings is 1. The number of hydrogen-bond donors (Lipinski definition) is 2. The highest BCUT2D eigenvalue weighted by Crippen LogP contribution is 2.16. The molecule has 0 aliphatic rings. The topological polar surface area (TPSA) is 98.8 Å². The lowest BCUT2D eigenvalue weighted by Gasteiger charge is -1.96. The standard InChI is InChI=1S/C13H13N5O2/c1-2-20-12(19)8-6-15-18(7-8)13-16-10-4-3-9(14)5-11(10)17-13/h3-7H,2,14H2,1H3,(H,16,17). The number of H-pyrrole nitrogens is 1. The van der Waals surface area contributed by atoms with E-state index in [0.29, 0.717) is 23.8 Å². The highest BCUT2D eigenvalue weighted by atomic mass is 16.5. The summed E-state index contributed by atoms with van der Waals surface area (Å²) in [5.74, 6) is 0.111. The van der Waals surface area contributed by atoms with E-state index in [-0.39, 0.29) is 0 Å². The lowest BCUT2D eigenvalue weighted by atomic mass is 10.3. The van der Waals surface area contributed by atoms with E-state index in [0.717, 1.165) is 11.0 Å². The highest BCUT2D eigenvalue weighted by Gasteiger charge is 2.12. The average Bonchev–Trinajstić information content (AvgIpc) is 3.04. The second-order valence-corrected chi connectivity index (χ2v) is 4.23. The van der Waals surface area contributed by atoms with E-state index in [9.17, 15) is 4.79 Å². The number of hydrogen-bond acceptors (Lipinski definition) is 5. The smallest absolute Gasteiger partial charge is 0.341 e. The van der Waals surface area contributed by atoms with Gasteiger partial charge >= 0.3 is 5.97 Å². The number of ether oxygens (including phenoxy) is 1. The maximum Gasteiger partial charge on any atom is 0.341 e. The first-order valence-corrected chi connectivity index (χ1v) is 6.15. The molecule has 0 saturated carbocycles. The van der Waals surface area contributed by atoms with Crippen LogP contribution in [0.3, 0.4) is 0 Å². The van der Waals surface area contributed by atoms with Crippen LogP contribution in [0.5, 0.6) is 0 Å². The maximum absolute atomic E-state index is 11.6. The molecule has 0 saturated heterocycles. The first kappa shape index (κ1) is 12.2. The Hall–Kier alpha value is -2.83. The summed E-state index contributed by atoms with van der Waals surface area (Å²) in [5, 5.41) is 4.10. The molecule has 0 fully saturated rings. The first-order chi connectivity index (χ1) is 9.67. The molecule has 3 aromatic rings. The van der Waals surface area contributed by atoms with Crippen LogP contribution in [0.1, 0.15) is 17.3 Å². The zero-order chi connectivity index (χ0) is 14.1. The number of rotatable bonds is 3. The molecule has 0 unspecified atom stereocenters. The monoisotopic (exact) mass is 271 g/mol. The molecule has 20 heavy (non-hydrogen) atoms. The second kappa shape index (κ2) is 4.69. The van der Waals surface area contributed by atoms with Gasteiger partial charge in [-0.2, -0.15) is 5.10 Å². The fourth-order valence-electron chi connectivity index (χ4n) is 1.88. The Morgan fingerprint density at radius 2 is 2.35 bits per heavy atom. The van der Waals surface area contributed by atoms with Crippen LogP contribution in [0, 0.1) is 0 Å². The van der Waals surface area contributed by atoms with E-state index < -0.39 is 5.97 Å². The summed E-state index contributed by atoms with van der Waals surface area (Å²) in [6, 6.07) is 5.39. The maximum atomic E-state index is 11.6. The van der Waals surface area contributed by atoms with Crippen molar-refractivity contribution < 1.29 is 9.53 Å². The summed E-state index contributed by atoms with van der Waals surface area (Å²) in [4.78, 5) is 19.1. The molecule has 0 amide bonds. The van der Waals surface area contributed by atoms with Crippen LogP contribution in [0.2, 0.25) is 0 Å². The fourth-order valence-corrected chi connectivity index (χ4v) is 1.88. The molecular weight excluding hydrogens is 258 g/mol. The van der Waals surface area contributed by atoms with Gasteiger partial charge in [-0.15, -0.1) is 0 Å². The summed E-state index contributed by atoms with van der Waals surface area (Å²) in [7, 11) is 0. The van der Waals surface area contributed by atoms with E-state index in [1.165, 1.54) is 10.9 Å². The molecule has 2 heterocycles. The number of anilines is 1. The number of nitrogens with one attached hydrogen (secondary N) is 1. The SMILES string of the molecule is CCOC(=O)c1cnn(-c2nc3ccc(N)cc3[nH]2)c1. The van der Waals surface area contributed by atoms with Crippen molar-refractivity contribution >= 4 is 22.7 Å². The van der Waals surface area contributed by atoms with Crippen molar-refractivity contribution in [3.63, 3.8) is 0 Å². The Morgan fingerprint density at radius 3 is 3.15 bits per heavy atom.